The van der Waals surface area contributed by atoms with Gasteiger partial charge in [-0.3, -0.25) is 9.59 Å². The van der Waals surface area contributed by atoms with Gasteiger partial charge in [-0.2, -0.15) is 0 Å². The van der Waals surface area contributed by atoms with Crippen LogP contribution in [0, 0.1) is 18.7 Å². The van der Waals surface area contributed by atoms with Gasteiger partial charge in [0.1, 0.15) is 11.6 Å². The van der Waals surface area contributed by atoms with Crippen molar-refractivity contribution in [2.24, 2.45) is 5.92 Å². The Labute approximate surface area is 198 Å². The maximum atomic E-state index is 13.3. The predicted molar refractivity (Wildman–Crippen MR) is 130 cm³/mol. The molecule has 1 aliphatic carbocycles. The molecule has 1 saturated carbocycles. The molecular weight excluding hydrogens is 431 g/mol. The number of halogens is 1. The first-order chi connectivity index (χ1) is 16.5. The molecule has 0 unspecified atom stereocenters. The molecular formula is C27H27FN4O2. The van der Waals surface area contributed by atoms with Crippen molar-refractivity contribution in [3.8, 4) is 11.1 Å². The number of aromatic nitrogens is 1. The molecule has 1 N–H and O–H groups in total. The van der Waals surface area contributed by atoms with E-state index in [1.165, 1.54) is 12.1 Å². The number of anilines is 2. The quantitative estimate of drug-likeness (QED) is 0.611. The number of rotatable bonds is 5. The van der Waals surface area contributed by atoms with Gasteiger partial charge < -0.3 is 15.1 Å². The van der Waals surface area contributed by atoms with Crippen molar-refractivity contribution in [3.05, 3.63) is 77.7 Å². The second-order valence-corrected chi connectivity index (χ2v) is 8.93. The molecule has 2 aliphatic rings. The molecule has 6 nitrogen and oxygen atoms in total. The summed E-state index contributed by atoms with van der Waals surface area (Å²) in [7, 11) is 0. The highest BCUT2D eigenvalue weighted by molar-refractivity contribution is 6.05. The van der Waals surface area contributed by atoms with Gasteiger partial charge in [0.25, 0.3) is 5.91 Å². The number of pyridine rings is 1. The number of benzene rings is 2. The van der Waals surface area contributed by atoms with Gasteiger partial charge in [-0.05, 0) is 66.8 Å². The third kappa shape index (κ3) is 4.64. The largest absolute Gasteiger partial charge is 0.353 e. The summed E-state index contributed by atoms with van der Waals surface area (Å²) in [6.07, 6.45) is 3.64. The highest BCUT2D eigenvalue weighted by Crippen LogP contribution is 2.32. The number of hydrogen-bond acceptors (Lipinski definition) is 4. The van der Waals surface area contributed by atoms with Crippen molar-refractivity contribution >= 4 is 23.3 Å². The van der Waals surface area contributed by atoms with Crippen molar-refractivity contribution in [1.82, 2.24) is 9.88 Å². The van der Waals surface area contributed by atoms with E-state index in [-0.39, 0.29) is 17.6 Å². The van der Waals surface area contributed by atoms with E-state index >= 15 is 0 Å². The number of nitrogens with one attached hydrogen (secondary N) is 1. The minimum atomic E-state index is -0.282. The molecule has 1 saturated heterocycles. The van der Waals surface area contributed by atoms with E-state index in [0.717, 1.165) is 48.4 Å². The molecule has 34 heavy (non-hydrogen) atoms. The molecule has 3 aromatic rings. The molecule has 1 aromatic heterocycles. The summed E-state index contributed by atoms with van der Waals surface area (Å²) in [6, 6.07) is 15.6. The summed E-state index contributed by atoms with van der Waals surface area (Å²) in [6.45, 7) is 4.84. The van der Waals surface area contributed by atoms with E-state index in [4.69, 9.17) is 0 Å². The van der Waals surface area contributed by atoms with Gasteiger partial charge in [0, 0.05) is 44.0 Å². The number of hydrogen-bond donors (Lipinski definition) is 1. The van der Waals surface area contributed by atoms with Crippen LogP contribution < -0.4 is 10.2 Å². The van der Waals surface area contributed by atoms with Gasteiger partial charge >= 0.3 is 0 Å². The van der Waals surface area contributed by atoms with E-state index < -0.39 is 0 Å². The Morgan fingerprint density at radius 3 is 2.35 bits per heavy atom. The van der Waals surface area contributed by atoms with E-state index in [1.54, 1.807) is 24.4 Å². The number of nitrogens with zero attached hydrogens (tertiary/aromatic N) is 3. The predicted octanol–water partition coefficient (Wildman–Crippen LogP) is 4.51. The Kier molecular flexibility index (Phi) is 6.01. The van der Waals surface area contributed by atoms with Crippen LogP contribution >= 0.6 is 0 Å². The van der Waals surface area contributed by atoms with Gasteiger partial charge in [0.05, 0.1) is 5.56 Å². The zero-order chi connectivity index (χ0) is 23.7. The molecule has 2 aromatic carbocycles. The molecule has 1 aliphatic heterocycles. The highest BCUT2D eigenvalue weighted by atomic mass is 19.1. The highest BCUT2D eigenvalue weighted by Gasteiger charge is 2.34. The van der Waals surface area contributed by atoms with Gasteiger partial charge in [-0.15, -0.1) is 0 Å². The lowest BCUT2D eigenvalue weighted by atomic mass is 9.99. The van der Waals surface area contributed by atoms with Crippen LogP contribution in [-0.2, 0) is 4.79 Å². The first-order valence-corrected chi connectivity index (χ1v) is 11.7. The van der Waals surface area contributed by atoms with E-state index in [0.29, 0.717) is 30.2 Å². The zero-order valence-electron chi connectivity index (χ0n) is 19.1. The van der Waals surface area contributed by atoms with Crippen LogP contribution in [0.5, 0.6) is 0 Å². The Hall–Kier alpha value is -3.74. The molecule has 0 bridgehead atoms. The molecule has 0 spiro atoms. The van der Waals surface area contributed by atoms with Crippen LogP contribution in [0.2, 0.25) is 0 Å². The third-order valence-corrected chi connectivity index (χ3v) is 6.59. The number of piperazine rings is 1. The Balaban J connectivity index is 1.23. The van der Waals surface area contributed by atoms with Crippen LogP contribution in [0.15, 0.2) is 60.8 Å². The lowest BCUT2D eigenvalue weighted by molar-refractivity contribution is -0.132. The Morgan fingerprint density at radius 2 is 1.71 bits per heavy atom. The number of carbonyl (C=O) groups excluding carboxylic acids is 2. The minimum absolute atomic E-state index is 0.238. The molecule has 2 fully saturated rings. The Bertz CT molecular complexity index is 1200. The van der Waals surface area contributed by atoms with Crippen molar-refractivity contribution in [3.63, 3.8) is 0 Å². The van der Waals surface area contributed by atoms with Crippen molar-refractivity contribution in [2.75, 3.05) is 36.4 Å². The van der Waals surface area contributed by atoms with Crippen molar-refractivity contribution < 1.29 is 14.0 Å². The second kappa shape index (κ2) is 9.25. The number of carbonyl (C=O) groups is 2. The third-order valence-electron chi connectivity index (χ3n) is 6.59. The summed E-state index contributed by atoms with van der Waals surface area (Å²) in [5.41, 5.74) is 3.90. The van der Waals surface area contributed by atoms with E-state index in [1.807, 2.05) is 36.1 Å². The number of amides is 2. The fourth-order valence-corrected chi connectivity index (χ4v) is 4.36. The fourth-order valence-electron chi connectivity index (χ4n) is 4.36. The normalized spacial score (nSPS) is 15.8. The van der Waals surface area contributed by atoms with Gasteiger partial charge in [0.2, 0.25) is 5.91 Å². The van der Waals surface area contributed by atoms with Crippen LogP contribution in [0.3, 0.4) is 0 Å². The van der Waals surface area contributed by atoms with Crippen LogP contribution in [0.25, 0.3) is 11.1 Å². The van der Waals surface area contributed by atoms with Crippen LogP contribution in [0.1, 0.15) is 28.8 Å². The fraction of sp³-hybridized carbons (Fsp3) is 0.296. The summed E-state index contributed by atoms with van der Waals surface area (Å²) >= 11 is 0. The summed E-state index contributed by atoms with van der Waals surface area (Å²) in [5.74, 6) is 0.833. The molecule has 0 radical (unpaired) electrons. The lowest BCUT2D eigenvalue weighted by Gasteiger charge is -2.35. The lowest BCUT2D eigenvalue weighted by Crippen LogP contribution is -2.49. The summed E-state index contributed by atoms with van der Waals surface area (Å²) < 4.78 is 13.3. The van der Waals surface area contributed by atoms with Gasteiger partial charge in [0.15, 0.2) is 0 Å². The maximum Gasteiger partial charge on any atom is 0.257 e. The maximum absolute atomic E-state index is 13.3. The first kappa shape index (κ1) is 22.1. The van der Waals surface area contributed by atoms with E-state index in [9.17, 15) is 14.0 Å². The average Bonchev–Trinajstić information content (AvgIpc) is 3.71. The van der Waals surface area contributed by atoms with Gasteiger partial charge in [-0.25, -0.2) is 9.37 Å². The molecule has 2 heterocycles. The summed E-state index contributed by atoms with van der Waals surface area (Å²) in [4.78, 5) is 33.7. The monoisotopic (exact) mass is 458 g/mol. The van der Waals surface area contributed by atoms with Gasteiger partial charge in [-0.1, -0.05) is 24.3 Å². The van der Waals surface area contributed by atoms with Crippen LogP contribution in [0.4, 0.5) is 15.9 Å². The van der Waals surface area contributed by atoms with Crippen molar-refractivity contribution in [2.45, 2.75) is 19.8 Å². The average molecular weight is 459 g/mol. The SMILES string of the molecule is Cc1c(NC(=O)c2ccc(N3CCN(C(=O)C4CC4)CC3)nc2)cccc1-c1ccc(F)cc1. The topological polar surface area (TPSA) is 65.5 Å². The Morgan fingerprint density at radius 1 is 0.971 bits per heavy atom. The standard InChI is InChI=1S/C27H27FN4O2/c1-18-23(19-7-10-22(28)11-8-19)3-2-4-24(18)30-26(33)21-9-12-25(29-17-21)31-13-15-32(16-14-31)27(34)20-5-6-20/h2-4,7-12,17,20H,5-6,13-16H2,1H3,(H,30,33). The molecule has 2 amide bonds. The molecule has 0 atom stereocenters. The smallest absolute Gasteiger partial charge is 0.257 e. The summed E-state index contributed by atoms with van der Waals surface area (Å²) in [5, 5.41) is 2.97. The molecule has 174 valence electrons. The first-order valence-electron chi connectivity index (χ1n) is 11.7. The zero-order valence-corrected chi connectivity index (χ0v) is 19.1. The van der Waals surface area contributed by atoms with Crippen molar-refractivity contribution in [1.29, 1.82) is 0 Å². The molecule has 5 rings (SSSR count). The molecule has 7 heteroatoms. The van der Waals surface area contributed by atoms with Crippen LogP contribution in [-0.4, -0.2) is 47.9 Å². The second-order valence-electron chi connectivity index (χ2n) is 8.93. The minimum Gasteiger partial charge on any atom is -0.353 e. The van der Waals surface area contributed by atoms with E-state index in [2.05, 4.69) is 15.2 Å².